The summed E-state index contributed by atoms with van der Waals surface area (Å²) < 4.78 is 51.7. The monoisotopic (exact) mass is 635 g/mol. The van der Waals surface area contributed by atoms with Gasteiger partial charge >= 0.3 is 0 Å². The molecule has 2 atom stereocenters. The van der Waals surface area contributed by atoms with Crippen LogP contribution in [0.15, 0.2) is 65.6 Å². The molecule has 45 heavy (non-hydrogen) atoms. The number of para-hydroxylation sites is 1. The normalized spacial score (nSPS) is 20.2. The molecule has 2 heterocycles. The Morgan fingerprint density at radius 3 is 2.38 bits per heavy atom. The van der Waals surface area contributed by atoms with E-state index in [-0.39, 0.29) is 47.4 Å². The number of ether oxygens (including phenoxy) is 4. The molecular weight excluding hydrogens is 598 g/mol. The van der Waals surface area contributed by atoms with Gasteiger partial charge in [0.25, 0.3) is 5.91 Å². The Morgan fingerprint density at radius 2 is 1.69 bits per heavy atom. The van der Waals surface area contributed by atoms with Gasteiger partial charge in [0.15, 0.2) is 17.2 Å². The third-order valence-electron chi connectivity index (χ3n) is 8.65. The van der Waals surface area contributed by atoms with Gasteiger partial charge in [0.05, 0.1) is 44.0 Å². The van der Waals surface area contributed by atoms with Crippen molar-refractivity contribution in [1.29, 1.82) is 0 Å². The average molecular weight is 636 g/mol. The van der Waals surface area contributed by atoms with Crippen LogP contribution in [0.4, 0.5) is 5.69 Å². The van der Waals surface area contributed by atoms with Crippen LogP contribution in [0.2, 0.25) is 0 Å². The molecule has 2 fully saturated rings. The molecule has 0 spiro atoms. The number of sulfonamides is 1. The highest BCUT2D eigenvalue weighted by molar-refractivity contribution is 7.89. The number of anilines is 1. The fraction of sp³-hybridized carbons (Fsp3) is 0.394. The number of hydrogen-bond acceptors (Lipinski definition) is 8. The van der Waals surface area contributed by atoms with Crippen molar-refractivity contribution in [1.82, 2.24) is 9.21 Å². The van der Waals surface area contributed by atoms with Crippen molar-refractivity contribution in [2.75, 3.05) is 46.3 Å². The number of carbonyl (C=O) groups excluding carboxylic acids is 2. The van der Waals surface area contributed by atoms with E-state index >= 15 is 0 Å². The largest absolute Gasteiger partial charge is 0.497 e. The van der Waals surface area contributed by atoms with E-state index in [2.05, 4.69) is 5.32 Å². The molecule has 2 aliphatic heterocycles. The van der Waals surface area contributed by atoms with Gasteiger partial charge < -0.3 is 29.2 Å². The van der Waals surface area contributed by atoms with Crippen LogP contribution in [-0.2, 0) is 21.4 Å². The molecule has 12 heteroatoms. The molecule has 1 aliphatic carbocycles. The van der Waals surface area contributed by atoms with E-state index in [9.17, 15) is 18.0 Å². The molecule has 3 aliphatic rings. The van der Waals surface area contributed by atoms with Crippen LogP contribution in [0, 0.1) is 11.8 Å². The summed E-state index contributed by atoms with van der Waals surface area (Å²) in [7, 11) is 0.625. The van der Waals surface area contributed by atoms with E-state index in [1.54, 1.807) is 36.3 Å². The average Bonchev–Trinajstić information content (AvgIpc) is 3.91. The zero-order valence-corrected chi connectivity index (χ0v) is 26.3. The molecule has 1 saturated carbocycles. The molecule has 1 saturated heterocycles. The van der Waals surface area contributed by atoms with Crippen LogP contribution in [0.3, 0.4) is 0 Å². The zero-order valence-electron chi connectivity index (χ0n) is 25.5. The maximum atomic E-state index is 14.1. The Labute approximate surface area is 263 Å². The summed E-state index contributed by atoms with van der Waals surface area (Å²) in [4.78, 5) is 28.7. The molecule has 238 valence electrons. The Balaban J connectivity index is 1.34. The van der Waals surface area contributed by atoms with Gasteiger partial charge in [-0.3, -0.25) is 9.59 Å². The predicted molar refractivity (Wildman–Crippen MR) is 166 cm³/mol. The molecule has 0 bridgehead atoms. The SMILES string of the molecule is COc1ccc(CN2C[C@@H]3CCN(S(=O)(=O)c4ccc(OC)c(OC)c4)C[C@@H]3Oc3c(NC(=O)C4CC4)cccc3C2=O)cc1. The maximum Gasteiger partial charge on any atom is 0.258 e. The summed E-state index contributed by atoms with van der Waals surface area (Å²) in [5.74, 6) is 1.17. The van der Waals surface area contributed by atoms with Crippen LogP contribution in [0.1, 0.15) is 35.2 Å². The quantitative estimate of drug-likeness (QED) is 0.372. The van der Waals surface area contributed by atoms with Gasteiger partial charge in [-0.05, 0) is 61.2 Å². The lowest BCUT2D eigenvalue weighted by Gasteiger charge is -2.42. The van der Waals surface area contributed by atoms with E-state index in [0.29, 0.717) is 42.3 Å². The van der Waals surface area contributed by atoms with Gasteiger partial charge in [-0.15, -0.1) is 0 Å². The van der Waals surface area contributed by atoms with Crippen molar-refractivity contribution >= 4 is 27.5 Å². The van der Waals surface area contributed by atoms with Gasteiger partial charge in [-0.2, -0.15) is 4.31 Å². The van der Waals surface area contributed by atoms with Gasteiger partial charge in [-0.25, -0.2) is 8.42 Å². The van der Waals surface area contributed by atoms with Crippen molar-refractivity contribution in [3.05, 3.63) is 71.8 Å². The highest BCUT2D eigenvalue weighted by Gasteiger charge is 2.41. The number of carbonyl (C=O) groups is 2. The number of benzene rings is 3. The molecule has 0 unspecified atom stereocenters. The highest BCUT2D eigenvalue weighted by Crippen LogP contribution is 2.39. The third kappa shape index (κ3) is 6.30. The second kappa shape index (κ2) is 12.6. The van der Waals surface area contributed by atoms with E-state index < -0.39 is 16.1 Å². The first-order valence-corrected chi connectivity index (χ1v) is 16.4. The van der Waals surface area contributed by atoms with Crippen LogP contribution >= 0.6 is 0 Å². The Bertz CT molecular complexity index is 1690. The Morgan fingerprint density at radius 1 is 0.933 bits per heavy atom. The second-order valence-corrected chi connectivity index (χ2v) is 13.5. The number of methoxy groups -OCH3 is 3. The van der Waals surface area contributed by atoms with Gasteiger partial charge in [-0.1, -0.05) is 18.2 Å². The molecule has 0 aromatic heterocycles. The first kappa shape index (κ1) is 30.7. The number of nitrogens with one attached hydrogen (secondary N) is 1. The lowest BCUT2D eigenvalue weighted by molar-refractivity contribution is -0.117. The minimum absolute atomic E-state index is 0.0544. The van der Waals surface area contributed by atoms with Gasteiger partial charge in [0.1, 0.15) is 11.9 Å². The predicted octanol–water partition coefficient (Wildman–Crippen LogP) is 4.18. The number of amides is 2. The fourth-order valence-corrected chi connectivity index (χ4v) is 7.39. The maximum absolute atomic E-state index is 14.1. The van der Waals surface area contributed by atoms with Crippen LogP contribution in [0.5, 0.6) is 23.0 Å². The molecule has 1 N–H and O–H groups in total. The van der Waals surface area contributed by atoms with E-state index in [4.69, 9.17) is 18.9 Å². The van der Waals surface area contributed by atoms with Crippen molar-refractivity contribution in [3.63, 3.8) is 0 Å². The molecule has 3 aromatic rings. The summed E-state index contributed by atoms with van der Waals surface area (Å²) in [5.41, 5.74) is 1.65. The summed E-state index contributed by atoms with van der Waals surface area (Å²) in [6.07, 6.45) is 1.53. The number of piperidine rings is 1. The topological polar surface area (TPSA) is 124 Å². The van der Waals surface area contributed by atoms with Crippen LogP contribution in [0.25, 0.3) is 0 Å². The molecule has 6 rings (SSSR count). The number of rotatable bonds is 9. The minimum Gasteiger partial charge on any atom is -0.497 e. The highest BCUT2D eigenvalue weighted by atomic mass is 32.2. The van der Waals surface area contributed by atoms with E-state index in [1.807, 2.05) is 24.3 Å². The van der Waals surface area contributed by atoms with Crippen LogP contribution < -0.4 is 24.3 Å². The second-order valence-electron chi connectivity index (χ2n) is 11.6. The van der Waals surface area contributed by atoms with Crippen molar-refractivity contribution in [2.45, 2.75) is 36.8 Å². The van der Waals surface area contributed by atoms with E-state index in [0.717, 1.165) is 24.2 Å². The van der Waals surface area contributed by atoms with Crippen molar-refractivity contribution < 1.29 is 37.0 Å². The minimum atomic E-state index is -3.92. The molecular formula is C33H37N3O8S. The fourth-order valence-electron chi connectivity index (χ4n) is 5.91. The summed E-state index contributed by atoms with van der Waals surface area (Å²) in [5, 5.41) is 2.96. The molecule has 2 amide bonds. The van der Waals surface area contributed by atoms with Crippen molar-refractivity contribution in [3.8, 4) is 23.0 Å². The Kier molecular flexibility index (Phi) is 8.61. The Hall–Kier alpha value is -4.29. The molecule has 3 aromatic carbocycles. The molecule has 0 radical (unpaired) electrons. The van der Waals surface area contributed by atoms with Crippen LogP contribution in [-0.4, -0.2) is 76.5 Å². The summed E-state index contributed by atoms with van der Waals surface area (Å²) >= 11 is 0. The first-order chi connectivity index (χ1) is 21.7. The number of hydrogen-bond donors (Lipinski definition) is 1. The lowest BCUT2D eigenvalue weighted by Crippen LogP contribution is -2.53. The van der Waals surface area contributed by atoms with E-state index in [1.165, 1.54) is 30.7 Å². The first-order valence-electron chi connectivity index (χ1n) is 15.0. The van der Waals surface area contributed by atoms with Gasteiger partial charge in [0, 0.05) is 37.5 Å². The van der Waals surface area contributed by atoms with Gasteiger partial charge in [0.2, 0.25) is 15.9 Å². The number of fused-ring (bicyclic) bond motifs is 2. The molecule has 11 nitrogen and oxygen atoms in total. The summed E-state index contributed by atoms with van der Waals surface area (Å²) in [6, 6.07) is 17.2. The lowest BCUT2D eigenvalue weighted by atomic mass is 9.92. The summed E-state index contributed by atoms with van der Waals surface area (Å²) in [6.45, 7) is 1.03. The zero-order chi connectivity index (χ0) is 31.7. The van der Waals surface area contributed by atoms with Crippen molar-refractivity contribution in [2.24, 2.45) is 11.8 Å². The standard InChI is InChI=1S/C33H37N3O8S/c1-41-24-11-7-21(8-12-24)18-35-19-23-15-16-36(45(39,40)25-13-14-28(42-2)29(17-25)43-3)20-30(23)44-31-26(33(35)38)5-4-6-27(31)34-32(37)22-9-10-22/h4-8,11-14,17,22-23,30H,9-10,15-16,18-20H2,1-3H3,(H,34,37)/t23-,30-/m0/s1. The third-order valence-corrected chi connectivity index (χ3v) is 10.5. The smallest absolute Gasteiger partial charge is 0.258 e. The number of nitrogens with zero attached hydrogens (tertiary/aromatic N) is 2.